The number of piperidine rings is 1. The van der Waals surface area contributed by atoms with Crippen LogP contribution in [0.15, 0.2) is 42.9 Å². The van der Waals surface area contributed by atoms with Crippen LogP contribution in [-0.4, -0.2) is 33.4 Å². The standard InChI is InChI=1S/C16H16N4O/c17-11-14-4-3-13(12-18-14)16(21)20-9-5-15(6-10-20)19-7-1-2-8-19/h1-4,7-8,12,15H,5-6,9-10H2. The van der Waals surface area contributed by atoms with Crippen LogP contribution in [0, 0.1) is 11.3 Å². The van der Waals surface area contributed by atoms with Gasteiger partial charge in [0.05, 0.1) is 5.56 Å². The second-order valence-electron chi connectivity index (χ2n) is 5.20. The van der Waals surface area contributed by atoms with Crippen LogP contribution >= 0.6 is 0 Å². The molecule has 5 heteroatoms. The lowest BCUT2D eigenvalue weighted by atomic mass is 10.0. The molecule has 1 aliphatic rings. The number of hydrogen-bond acceptors (Lipinski definition) is 3. The Labute approximate surface area is 123 Å². The van der Waals surface area contributed by atoms with Crippen molar-refractivity contribution in [3.05, 3.63) is 54.1 Å². The fourth-order valence-electron chi connectivity index (χ4n) is 2.73. The summed E-state index contributed by atoms with van der Waals surface area (Å²) in [7, 11) is 0. The lowest BCUT2D eigenvalue weighted by molar-refractivity contribution is 0.0694. The fourth-order valence-corrected chi connectivity index (χ4v) is 2.73. The Morgan fingerprint density at radius 1 is 1.24 bits per heavy atom. The molecule has 1 saturated heterocycles. The Balaban J connectivity index is 1.63. The van der Waals surface area contributed by atoms with Crippen molar-refractivity contribution in [2.24, 2.45) is 0 Å². The number of hydrogen-bond donors (Lipinski definition) is 0. The lowest BCUT2D eigenvalue weighted by Gasteiger charge is -2.32. The minimum Gasteiger partial charge on any atom is -0.351 e. The number of amides is 1. The maximum atomic E-state index is 12.4. The number of carbonyl (C=O) groups excluding carboxylic acids is 1. The summed E-state index contributed by atoms with van der Waals surface area (Å²) in [6.07, 6.45) is 7.56. The van der Waals surface area contributed by atoms with Gasteiger partial charge < -0.3 is 9.47 Å². The second-order valence-corrected chi connectivity index (χ2v) is 5.20. The zero-order chi connectivity index (χ0) is 14.7. The Kier molecular flexibility index (Phi) is 3.69. The molecule has 1 amide bonds. The van der Waals surface area contributed by atoms with Crippen molar-refractivity contribution >= 4 is 5.91 Å². The molecule has 1 fully saturated rings. The van der Waals surface area contributed by atoms with E-state index in [2.05, 4.69) is 21.9 Å². The molecule has 1 aliphatic heterocycles. The summed E-state index contributed by atoms with van der Waals surface area (Å²) >= 11 is 0. The molecule has 0 saturated carbocycles. The van der Waals surface area contributed by atoms with Gasteiger partial charge in [-0.2, -0.15) is 5.26 Å². The summed E-state index contributed by atoms with van der Waals surface area (Å²) in [4.78, 5) is 18.2. The van der Waals surface area contributed by atoms with Crippen molar-refractivity contribution in [1.29, 1.82) is 5.26 Å². The van der Waals surface area contributed by atoms with Crippen LogP contribution in [0.3, 0.4) is 0 Å². The molecular weight excluding hydrogens is 264 g/mol. The molecule has 21 heavy (non-hydrogen) atoms. The van der Waals surface area contributed by atoms with E-state index >= 15 is 0 Å². The molecule has 3 rings (SSSR count). The normalized spacial score (nSPS) is 15.7. The van der Waals surface area contributed by atoms with Gasteiger partial charge in [-0.1, -0.05) is 0 Å². The number of pyridine rings is 1. The SMILES string of the molecule is N#Cc1ccc(C(=O)N2CCC(n3cccc3)CC2)cn1. The van der Waals surface area contributed by atoms with Crippen LogP contribution in [0.5, 0.6) is 0 Å². The molecule has 2 aromatic heterocycles. The van der Waals surface area contributed by atoms with E-state index in [4.69, 9.17) is 5.26 Å². The second kappa shape index (κ2) is 5.80. The number of likely N-dealkylation sites (tertiary alicyclic amines) is 1. The predicted molar refractivity (Wildman–Crippen MR) is 77.6 cm³/mol. The monoisotopic (exact) mass is 280 g/mol. The summed E-state index contributed by atoms with van der Waals surface area (Å²) in [5, 5.41) is 8.73. The van der Waals surface area contributed by atoms with Gasteiger partial charge in [0.15, 0.2) is 0 Å². The largest absolute Gasteiger partial charge is 0.351 e. The lowest BCUT2D eigenvalue weighted by Crippen LogP contribution is -2.38. The van der Waals surface area contributed by atoms with Gasteiger partial charge in [-0.25, -0.2) is 4.98 Å². The number of nitrogens with zero attached hydrogens (tertiary/aromatic N) is 4. The van der Waals surface area contributed by atoms with Gasteiger partial charge in [0, 0.05) is 37.7 Å². The van der Waals surface area contributed by atoms with Gasteiger partial charge in [0.1, 0.15) is 11.8 Å². The summed E-state index contributed by atoms with van der Waals surface area (Å²) in [5.41, 5.74) is 0.881. The van der Waals surface area contributed by atoms with Crippen molar-refractivity contribution < 1.29 is 4.79 Å². The van der Waals surface area contributed by atoms with Crippen molar-refractivity contribution in [3.63, 3.8) is 0 Å². The maximum absolute atomic E-state index is 12.4. The Bertz CT molecular complexity index is 647. The Morgan fingerprint density at radius 2 is 1.95 bits per heavy atom. The van der Waals surface area contributed by atoms with Gasteiger partial charge in [0.25, 0.3) is 5.91 Å². The highest BCUT2D eigenvalue weighted by molar-refractivity contribution is 5.94. The van der Waals surface area contributed by atoms with Gasteiger partial charge >= 0.3 is 0 Å². The molecule has 0 N–H and O–H groups in total. The molecule has 0 spiro atoms. The summed E-state index contributed by atoms with van der Waals surface area (Å²) in [6.45, 7) is 1.50. The highest BCUT2D eigenvalue weighted by atomic mass is 16.2. The summed E-state index contributed by atoms with van der Waals surface area (Å²) in [5.74, 6) is -0.00190. The fraction of sp³-hybridized carbons (Fsp3) is 0.312. The van der Waals surface area contributed by atoms with Gasteiger partial charge in [-0.05, 0) is 37.1 Å². The van der Waals surface area contributed by atoms with Crippen molar-refractivity contribution in [3.8, 4) is 6.07 Å². The predicted octanol–water partition coefficient (Wildman–Crippen LogP) is 2.23. The zero-order valence-electron chi connectivity index (χ0n) is 11.6. The average Bonchev–Trinajstić information content (AvgIpc) is 3.09. The third-order valence-electron chi connectivity index (χ3n) is 3.93. The van der Waals surface area contributed by atoms with Crippen molar-refractivity contribution in [2.75, 3.05) is 13.1 Å². The van der Waals surface area contributed by atoms with Crippen molar-refractivity contribution in [2.45, 2.75) is 18.9 Å². The topological polar surface area (TPSA) is 61.9 Å². The van der Waals surface area contributed by atoms with Crippen LogP contribution in [0.1, 0.15) is 34.9 Å². The highest BCUT2D eigenvalue weighted by Crippen LogP contribution is 2.23. The molecule has 0 atom stereocenters. The quantitative estimate of drug-likeness (QED) is 0.847. The van der Waals surface area contributed by atoms with Crippen molar-refractivity contribution in [1.82, 2.24) is 14.5 Å². The average molecular weight is 280 g/mol. The van der Waals surface area contributed by atoms with E-state index in [-0.39, 0.29) is 5.91 Å². The van der Waals surface area contributed by atoms with Crippen LogP contribution in [0.25, 0.3) is 0 Å². The molecule has 2 aromatic rings. The van der Waals surface area contributed by atoms with E-state index in [9.17, 15) is 4.79 Å². The van der Waals surface area contributed by atoms with E-state index < -0.39 is 0 Å². The van der Waals surface area contributed by atoms with Crippen LogP contribution in [-0.2, 0) is 0 Å². The first-order valence-electron chi connectivity index (χ1n) is 7.06. The Morgan fingerprint density at radius 3 is 2.52 bits per heavy atom. The number of rotatable bonds is 2. The van der Waals surface area contributed by atoms with Gasteiger partial charge in [-0.3, -0.25) is 4.79 Å². The first kappa shape index (κ1) is 13.4. The third kappa shape index (κ3) is 2.79. The van der Waals surface area contributed by atoms with E-state index in [1.165, 1.54) is 6.20 Å². The van der Waals surface area contributed by atoms with E-state index in [0.717, 1.165) is 25.9 Å². The molecule has 0 unspecified atom stereocenters. The molecule has 0 bridgehead atoms. The van der Waals surface area contributed by atoms with Crippen LogP contribution in [0.2, 0.25) is 0 Å². The highest BCUT2D eigenvalue weighted by Gasteiger charge is 2.24. The molecule has 0 aliphatic carbocycles. The number of aromatic nitrogens is 2. The van der Waals surface area contributed by atoms with E-state index in [1.807, 2.05) is 23.1 Å². The molecular formula is C16H16N4O. The van der Waals surface area contributed by atoms with E-state index in [1.54, 1.807) is 12.1 Å². The van der Waals surface area contributed by atoms with Gasteiger partial charge in [0.2, 0.25) is 0 Å². The molecule has 106 valence electrons. The smallest absolute Gasteiger partial charge is 0.255 e. The Hall–Kier alpha value is -2.61. The summed E-state index contributed by atoms with van der Waals surface area (Å²) < 4.78 is 2.21. The third-order valence-corrected chi connectivity index (χ3v) is 3.93. The van der Waals surface area contributed by atoms with Crippen LogP contribution in [0.4, 0.5) is 0 Å². The number of carbonyl (C=O) groups is 1. The minimum absolute atomic E-state index is 0.00190. The minimum atomic E-state index is -0.00190. The molecule has 0 radical (unpaired) electrons. The molecule has 3 heterocycles. The van der Waals surface area contributed by atoms with E-state index in [0.29, 0.717) is 17.3 Å². The number of nitriles is 1. The van der Waals surface area contributed by atoms with Crippen LogP contribution < -0.4 is 0 Å². The zero-order valence-corrected chi connectivity index (χ0v) is 11.6. The summed E-state index contributed by atoms with van der Waals surface area (Å²) in [6, 6.07) is 9.74. The first-order chi connectivity index (χ1) is 10.3. The first-order valence-corrected chi connectivity index (χ1v) is 7.06. The molecule has 5 nitrogen and oxygen atoms in total. The maximum Gasteiger partial charge on any atom is 0.255 e. The molecule has 0 aromatic carbocycles. The van der Waals surface area contributed by atoms with Gasteiger partial charge in [-0.15, -0.1) is 0 Å².